The minimum absolute atomic E-state index is 0.0345. The molecule has 0 saturated carbocycles. The van der Waals surface area contributed by atoms with Crippen molar-refractivity contribution in [1.29, 1.82) is 0 Å². The van der Waals surface area contributed by atoms with E-state index in [4.69, 9.17) is 16.3 Å². The van der Waals surface area contributed by atoms with Crippen LogP contribution in [0.25, 0.3) is 0 Å². The van der Waals surface area contributed by atoms with Crippen LogP contribution in [0, 0.1) is 0 Å². The van der Waals surface area contributed by atoms with Gasteiger partial charge in [-0.3, -0.25) is 0 Å². The quantitative estimate of drug-likeness (QED) is 0.659. The fourth-order valence-electron chi connectivity index (χ4n) is 2.69. The van der Waals surface area contributed by atoms with Gasteiger partial charge in [0.25, 0.3) is 0 Å². The summed E-state index contributed by atoms with van der Waals surface area (Å²) < 4.78 is 7.14. The average Bonchev–Trinajstić information content (AvgIpc) is 2.76. The predicted octanol–water partition coefficient (Wildman–Crippen LogP) is 1.33. The van der Waals surface area contributed by atoms with E-state index in [9.17, 15) is 5.11 Å². The molecular weight excluding hydrogens is 303 g/mol. The van der Waals surface area contributed by atoms with Gasteiger partial charge in [-0.15, -0.1) is 0 Å². The number of halogens is 1. The van der Waals surface area contributed by atoms with Crippen LogP contribution < -0.4 is 4.46 Å². The van der Waals surface area contributed by atoms with Crippen LogP contribution in [0.1, 0.15) is 13.3 Å². The zero-order valence-electron chi connectivity index (χ0n) is 9.54. The topological polar surface area (TPSA) is 29.5 Å². The first-order valence-electron chi connectivity index (χ1n) is 5.81. The molecule has 2 nitrogen and oxygen atoms in total. The Morgan fingerprint density at radius 2 is 2.12 bits per heavy atom. The van der Waals surface area contributed by atoms with Crippen molar-refractivity contribution in [3.05, 3.63) is 30.3 Å². The molecule has 92 valence electrons. The molecule has 1 aromatic carbocycles. The Morgan fingerprint density at radius 3 is 2.76 bits per heavy atom. The standard InChI is InChI=1S/C13H15ClO2Se/c1-13(15)7-9-10(14)11(12(13)16-9)17-8-5-3-2-4-6-8/h2-6,9-12,15H,7H2,1H3/t9-,10+,11-,12-,13-/m0/s1. The van der Waals surface area contributed by atoms with E-state index < -0.39 is 5.60 Å². The van der Waals surface area contributed by atoms with Crippen LogP contribution in [-0.4, -0.2) is 43.2 Å². The molecule has 2 bridgehead atoms. The number of hydrogen-bond donors (Lipinski definition) is 1. The Morgan fingerprint density at radius 1 is 1.41 bits per heavy atom. The number of rotatable bonds is 2. The van der Waals surface area contributed by atoms with Gasteiger partial charge >= 0.3 is 113 Å². The normalized spacial score (nSPS) is 44.2. The van der Waals surface area contributed by atoms with E-state index in [1.54, 1.807) is 0 Å². The third-order valence-corrected chi connectivity index (χ3v) is 7.27. The summed E-state index contributed by atoms with van der Waals surface area (Å²) in [4.78, 5) is 0.278. The first kappa shape index (κ1) is 12.0. The molecule has 1 N–H and O–H groups in total. The molecule has 2 aliphatic heterocycles. The molecule has 4 heteroatoms. The van der Waals surface area contributed by atoms with Crippen LogP contribution >= 0.6 is 11.6 Å². The van der Waals surface area contributed by atoms with E-state index in [-0.39, 0.29) is 37.4 Å². The first-order chi connectivity index (χ1) is 8.08. The Balaban J connectivity index is 1.80. The van der Waals surface area contributed by atoms with E-state index in [1.165, 1.54) is 4.46 Å². The second-order valence-corrected chi connectivity index (χ2v) is 8.13. The van der Waals surface area contributed by atoms with Crippen LogP contribution in [0.5, 0.6) is 0 Å². The SMILES string of the molecule is C[C@]1(O)C[C@@H]2O[C@H]1[C@@H]([Se]c1ccccc1)[C@@H]2Cl. The van der Waals surface area contributed by atoms with E-state index in [0.717, 1.165) is 0 Å². The molecule has 0 unspecified atom stereocenters. The molecule has 0 radical (unpaired) electrons. The third kappa shape index (κ3) is 2.05. The number of fused-ring (bicyclic) bond motifs is 2. The number of hydrogen-bond acceptors (Lipinski definition) is 2. The van der Waals surface area contributed by atoms with Crippen LogP contribution in [0.3, 0.4) is 0 Å². The van der Waals surface area contributed by atoms with E-state index in [0.29, 0.717) is 6.42 Å². The Hall–Kier alpha value is -0.0505. The van der Waals surface area contributed by atoms with Crippen LogP contribution in [0.15, 0.2) is 30.3 Å². The molecule has 2 aliphatic rings. The van der Waals surface area contributed by atoms with Crippen molar-refractivity contribution in [2.24, 2.45) is 0 Å². The molecule has 0 aromatic heterocycles. The van der Waals surface area contributed by atoms with Gasteiger partial charge in [0.1, 0.15) is 0 Å². The fourth-order valence-corrected chi connectivity index (χ4v) is 6.20. The summed E-state index contributed by atoms with van der Waals surface area (Å²) in [6, 6.07) is 10.4. The Kier molecular flexibility index (Phi) is 3.00. The Labute approximate surface area is 112 Å². The van der Waals surface area contributed by atoms with Crippen molar-refractivity contribution in [3.8, 4) is 0 Å². The van der Waals surface area contributed by atoms with Crippen molar-refractivity contribution in [2.45, 2.75) is 41.3 Å². The van der Waals surface area contributed by atoms with Gasteiger partial charge < -0.3 is 0 Å². The van der Waals surface area contributed by atoms with E-state index in [2.05, 4.69) is 12.1 Å². The molecule has 1 aromatic rings. The zero-order chi connectivity index (χ0) is 12.0. The molecule has 3 rings (SSSR count). The van der Waals surface area contributed by atoms with Gasteiger partial charge in [-0.1, -0.05) is 0 Å². The summed E-state index contributed by atoms with van der Waals surface area (Å²) in [6.45, 7) is 1.87. The molecule has 5 atom stereocenters. The van der Waals surface area contributed by atoms with Crippen molar-refractivity contribution in [1.82, 2.24) is 0 Å². The molecule has 0 spiro atoms. The second kappa shape index (κ2) is 4.25. The van der Waals surface area contributed by atoms with Gasteiger partial charge in [0.05, 0.1) is 0 Å². The van der Waals surface area contributed by atoms with Crippen molar-refractivity contribution < 1.29 is 9.84 Å². The summed E-state index contributed by atoms with van der Waals surface area (Å²) in [5, 5.41) is 10.3. The minimum atomic E-state index is -0.697. The van der Waals surface area contributed by atoms with Gasteiger partial charge in [0.15, 0.2) is 0 Å². The molecule has 2 heterocycles. The molecule has 0 aliphatic carbocycles. The Bertz CT molecular complexity index is 409. The maximum atomic E-state index is 10.3. The summed E-state index contributed by atoms with van der Waals surface area (Å²) in [6.07, 6.45) is 0.621. The fraction of sp³-hybridized carbons (Fsp3) is 0.538. The number of benzene rings is 1. The number of ether oxygens (including phenoxy) is 1. The monoisotopic (exact) mass is 318 g/mol. The van der Waals surface area contributed by atoms with Crippen LogP contribution in [0.4, 0.5) is 0 Å². The third-order valence-electron chi connectivity index (χ3n) is 3.53. The summed E-state index contributed by atoms with van der Waals surface area (Å²) in [5.74, 6) is 0. The van der Waals surface area contributed by atoms with Gasteiger partial charge in [-0.25, -0.2) is 0 Å². The summed E-state index contributed by atoms with van der Waals surface area (Å²) in [5.41, 5.74) is -0.697. The van der Waals surface area contributed by atoms with Crippen LogP contribution in [-0.2, 0) is 4.74 Å². The molecule has 2 fully saturated rings. The van der Waals surface area contributed by atoms with Gasteiger partial charge in [-0.2, -0.15) is 0 Å². The van der Waals surface area contributed by atoms with Crippen molar-refractivity contribution in [2.75, 3.05) is 0 Å². The maximum absolute atomic E-state index is 10.3. The number of aliphatic hydroxyl groups is 1. The number of alkyl halides is 1. The zero-order valence-corrected chi connectivity index (χ0v) is 12.0. The second-order valence-electron chi connectivity index (χ2n) is 5.00. The molecule has 0 amide bonds. The summed E-state index contributed by atoms with van der Waals surface area (Å²) in [7, 11) is 0. The van der Waals surface area contributed by atoms with E-state index >= 15 is 0 Å². The first-order valence-corrected chi connectivity index (χ1v) is 8.10. The average molecular weight is 318 g/mol. The van der Waals surface area contributed by atoms with Gasteiger partial charge in [0, 0.05) is 0 Å². The molecule has 2 saturated heterocycles. The van der Waals surface area contributed by atoms with Gasteiger partial charge in [-0.05, 0) is 0 Å². The summed E-state index contributed by atoms with van der Waals surface area (Å²) >= 11 is 6.69. The van der Waals surface area contributed by atoms with Crippen molar-refractivity contribution in [3.63, 3.8) is 0 Å². The van der Waals surface area contributed by atoms with Crippen molar-refractivity contribution >= 4 is 31.0 Å². The molecule has 17 heavy (non-hydrogen) atoms. The predicted molar refractivity (Wildman–Crippen MR) is 69.1 cm³/mol. The van der Waals surface area contributed by atoms with E-state index in [1.807, 2.05) is 25.1 Å². The molecular formula is C13H15ClO2Se. The van der Waals surface area contributed by atoms with Gasteiger partial charge in [0.2, 0.25) is 0 Å². The van der Waals surface area contributed by atoms with Crippen LogP contribution in [0.2, 0.25) is 4.82 Å².